The van der Waals surface area contributed by atoms with Crippen molar-refractivity contribution in [1.29, 1.82) is 0 Å². The quantitative estimate of drug-likeness (QED) is 0.735. The van der Waals surface area contributed by atoms with Gasteiger partial charge >= 0.3 is 0 Å². The Morgan fingerprint density at radius 2 is 1.71 bits per heavy atom. The van der Waals surface area contributed by atoms with Crippen molar-refractivity contribution < 1.29 is 13.2 Å². The molecule has 128 valence electrons. The fourth-order valence-electron chi connectivity index (χ4n) is 2.20. The average Bonchev–Trinajstić information content (AvgIpc) is 2.55. The maximum absolute atomic E-state index is 12.5. The van der Waals surface area contributed by atoms with Crippen LogP contribution in [0, 0.1) is 0 Å². The third-order valence-electron chi connectivity index (χ3n) is 3.37. The number of hydrogen-bond donors (Lipinski definition) is 2. The molecule has 0 bridgehead atoms. The summed E-state index contributed by atoms with van der Waals surface area (Å²) < 4.78 is 28.4. The van der Waals surface area contributed by atoms with Crippen LogP contribution in [0.15, 0.2) is 64.0 Å². The number of benzene rings is 2. The highest BCUT2D eigenvalue weighted by Gasteiger charge is 2.25. The van der Waals surface area contributed by atoms with E-state index in [4.69, 9.17) is 0 Å². The lowest BCUT2D eigenvalue weighted by Crippen LogP contribution is -2.47. The molecule has 0 radical (unpaired) electrons. The molecule has 0 aromatic heterocycles. The van der Waals surface area contributed by atoms with E-state index in [9.17, 15) is 13.2 Å². The lowest BCUT2D eigenvalue weighted by molar-refractivity contribution is -0.122. The fourth-order valence-corrected chi connectivity index (χ4v) is 3.66. The van der Waals surface area contributed by atoms with Crippen molar-refractivity contribution in [2.75, 3.05) is 6.54 Å². The highest BCUT2D eigenvalue weighted by molar-refractivity contribution is 9.10. The zero-order valence-corrected chi connectivity index (χ0v) is 15.6. The van der Waals surface area contributed by atoms with Gasteiger partial charge in [-0.3, -0.25) is 4.79 Å². The fraction of sp³-hybridized carbons (Fsp3) is 0.235. The summed E-state index contributed by atoms with van der Waals surface area (Å²) in [5, 5.41) is 2.68. The van der Waals surface area contributed by atoms with Gasteiger partial charge in [0, 0.05) is 11.0 Å². The Morgan fingerprint density at radius 3 is 2.29 bits per heavy atom. The van der Waals surface area contributed by atoms with Crippen LogP contribution < -0.4 is 10.0 Å². The summed E-state index contributed by atoms with van der Waals surface area (Å²) in [6, 6.07) is 14.7. The molecule has 1 amide bonds. The van der Waals surface area contributed by atoms with E-state index in [1.54, 1.807) is 19.1 Å². The monoisotopic (exact) mass is 410 g/mol. The minimum absolute atomic E-state index is 0.119. The van der Waals surface area contributed by atoms with Gasteiger partial charge in [-0.1, -0.05) is 46.3 Å². The largest absolute Gasteiger partial charge is 0.355 e. The molecule has 0 heterocycles. The number of carbonyl (C=O) groups is 1. The van der Waals surface area contributed by atoms with Gasteiger partial charge in [-0.15, -0.1) is 0 Å². The summed E-state index contributed by atoms with van der Waals surface area (Å²) in [5.41, 5.74) is 0.882. The lowest BCUT2D eigenvalue weighted by atomic mass is 10.1. The van der Waals surface area contributed by atoms with Crippen molar-refractivity contribution in [2.45, 2.75) is 24.3 Å². The lowest BCUT2D eigenvalue weighted by Gasteiger charge is -2.18. The minimum atomic E-state index is -3.79. The van der Waals surface area contributed by atoms with Gasteiger partial charge in [0.15, 0.2) is 0 Å². The highest BCUT2D eigenvalue weighted by Crippen LogP contribution is 2.15. The van der Waals surface area contributed by atoms with E-state index < -0.39 is 16.1 Å². The molecule has 0 saturated heterocycles. The van der Waals surface area contributed by atoms with Gasteiger partial charge in [0.05, 0.1) is 4.90 Å². The standard InChI is InChI=1S/C17H19BrN2O3S/c1-2-19-17(21)16(12-13-6-4-3-5-7-13)20-24(22,23)15-10-8-14(18)9-11-15/h3-11,16,20H,2,12H2,1H3,(H,19,21)/t16-/m1/s1. The Balaban J connectivity index is 2.23. The topological polar surface area (TPSA) is 75.3 Å². The van der Waals surface area contributed by atoms with Gasteiger partial charge in [0.2, 0.25) is 15.9 Å². The van der Waals surface area contributed by atoms with Gasteiger partial charge in [-0.05, 0) is 43.2 Å². The predicted molar refractivity (Wildman–Crippen MR) is 97.1 cm³/mol. The number of nitrogens with one attached hydrogen (secondary N) is 2. The van der Waals surface area contributed by atoms with Crippen LogP contribution in [-0.4, -0.2) is 26.9 Å². The highest BCUT2D eigenvalue weighted by atomic mass is 79.9. The number of rotatable bonds is 7. The van der Waals surface area contributed by atoms with Crippen LogP contribution in [0.4, 0.5) is 0 Å². The Bertz CT molecular complexity index is 777. The van der Waals surface area contributed by atoms with Crippen LogP contribution in [0.5, 0.6) is 0 Å². The first-order valence-electron chi connectivity index (χ1n) is 7.52. The molecule has 0 saturated carbocycles. The van der Waals surface area contributed by atoms with Crippen molar-refractivity contribution in [1.82, 2.24) is 10.0 Å². The first-order valence-corrected chi connectivity index (χ1v) is 9.79. The van der Waals surface area contributed by atoms with Gasteiger partial charge in [-0.2, -0.15) is 4.72 Å². The SMILES string of the molecule is CCNC(=O)[C@@H](Cc1ccccc1)NS(=O)(=O)c1ccc(Br)cc1. The maximum Gasteiger partial charge on any atom is 0.241 e. The van der Waals surface area contributed by atoms with Crippen LogP contribution in [-0.2, 0) is 21.2 Å². The Hall–Kier alpha value is -1.70. The molecule has 1 atom stereocenters. The first-order chi connectivity index (χ1) is 11.4. The molecule has 0 spiro atoms. The summed E-state index contributed by atoms with van der Waals surface area (Å²) in [6.45, 7) is 2.23. The molecule has 0 aliphatic heterocycles. The third kappa shape index (κ3) is 5.15. The van der Waals surface area contributed by atoms with Crippen molar-refractivity contribution in [3.63, 3.8) is 0 Å². The molecule has 5 nitrogen and oxygen atoms in total. The van der Waals surface area contributed by atoms with E-state index in [1.165, 1.54) is 12.1 Å². The Kier molecular flexibility index (Phi) is 6.53. The van der Waals surface area contributed by atoms with Crippen molar-refractivity contribution in [3.8, 4) is 0 Å². The molecule has 0 unspecified atom stereocenters. The van der Waals surface area contributed by atoms with Crippen LogP contribution >= 0.6 is 15.9 Å². The number of halogens is 1. The van der Waals surface area contributed by atoms with Gasteiger partial charge in [0.25, 0.3) is 0 Å². The number of carbonyl (C=O) groups excluding carboxylic acids is 1. The van der Waals surface area contributed by atoms with E-state index in [1.807, 2.05) is 30.3 Å². The van der Waals surface area contributed by atoms with Crippen LogP contribution in [0.25, 0.3) is 0 Å². The van der Waals surface area contributed by atoms with E-state index in [-0.39, 0.29) is 17.2 Å². The van der Waals surface area contributed by atoms with Crippen molar-refractivity contribution >= 4 is 31.9 Å². The van der Waals surface area contributed by atoms with Crippen LogP contribution in [0.2, 0.25) is 0 Å². The summed E-state index contributed by atoms with van der Waals surface area (Å²) in [7, 11) is -3.79. The average molecular weight is 411 g/mol. The smallest absolute Gasteiger partial charge is 0.241 e. The zero-order valence-electron chi connectivity index (χ0n) is 13.2. The second kappa shape index (κ2) is 8.41. The normalized spacial score (nSPS) is 12.6. The molecule has 7 heteroatoms. The van der Waals surface area contributed by atoms with Crippen LogP contribution in [0.1, 0.15) is 12.5 Å². The number of sulfonamides is 1. The number of hydrogen-bond acceptors (Lipinski definition) is 3. The number of amides is 1. The van der Waals surface area contributed by atoms with Crippen molar-refractivity contribution in [2.24, 2.45) is 0 Å². The Morgan fingerprint density at radius 1 is 1.08 bits per heavy atom. The summed E-state index contributed by atoms with van der Waals surface area (Å²) in [6.07, 6.45) is 0.280. The summed E-state index contributed by atoms with van der Waals surface area (Å²) in [5.74, 6) is -0.345. The molecule has 2 aromatic rings. The second-order valence-electron chi connectivity index (χ2n) is 5.21. The summed E-state index contributed by atoms with van der Waals surface area (Å²) in [4.78, 5) is 12.4. The summed E-state index contributed by atoms with van der Waals surface area (Å²) >= 11 is 3.27. The molecule has 24 heavy (non-hydrogen) atoms. The zero-order chi connectivity index (χ0) is 17.6. The molecular formula is C17H19BrN2O3S. The molecule has 0 aliphatic rings. The molecule has 2 aromatic carbocycles. The van der Waals surface area contributed by atoms with Gasteiger partial charge in [-0.25, -0.2) is 8.42 Å². The molecule has 0 fully saturated rings. The predicted octanol–water partition coefficient (Wildman–Crippen LogP) is 2.47. The molecular weight excluding hydrogens is 392 g/mol. The van der Waals surface area contributed by atoms with Crippen molar-refractivity contribution in [3.05, 3.63) is 64.6 Å². The van der Waals surface area contributed by atoms with E-state index in [2.05, 4.69) is 26.0 Å². The van der Waals surface area contributed by atoms with E-state index in [0.717, 1.165) is 10.0 Å². The first kappa shape index (κ1) is 18.6. The van der Waals surface area contributed by atoms with E-state index in [0.29, 0.717) is 6.54 Å². The molecule has 2 N–H and O–H groups in total. The van der Waals surface area contributed by atoms with Gasteiger partial charge in [0.1, 0.15) is 6.04 Å². The second-order valence-corrected chi connectivity index (χ2v) is 7.84. The van der Waals surface area contributed by atoms with E-state index >= 15 is 0 Å². The molecule has 0 aliphatic carbocycles. The maximum atomic E-state index is 12.5. The number of likely N-dealkylation sites (N-methyl/N-ethyl adjacent to an activating group) is 1. The molecule has 2 rings (SSSR count). The van der Waals surface area contributed by atoms with Crippen LogP contribution in [0.3, 0.4) is 0 Å². The Labute approximate surface area is 150 Å². The minimum Gasteiger partial charge on any atom is -0.355 e. The third-order valence-corrected chi connectivity index (χ3v) is 5.39. The van der Waals surface area contributed by atoms with Gasteiger partial charge < -0.3 is 5.32 Å².